The number of nitrogens with one attached hydrogen (secondary N) is 1. The zero-order valence-electron chi connectivity index (χ0n) is 12.6. The highest BCUT2D eigenvalue weighted by Gasteiger charge is 2.16. The van der Waals surface area contributed by atoms with Gasteiger partial charge in [0.15, 0.2) is 11.5 Å². The molecule has 0 saturated carbocycles. The van der Waals surface area contributed by atoms with Crippen LogP contribution in [-0.2, 0) is 13.0 Å². The van der Waals surface area contributed by atoms with Crippen LogP contribution in [0.5, 0.6) is 11.5 Å². The Morgan fingerprint density at radius 2 is 2.00 bits per heavy atom. The topological polar surface area (TPSA) is 54.3 Å². The summed E-state index contributed by atoms with van der Waals surface area (Å²) in [5, 5.41) is 12.9. The molecule has 2 aromatic carbocycles. The lowest BCUT2D eigenvalue weighted by Gasteiger charge is -2.20. The molecular formula is C18H17ClN2O2. The van der Waals surface area contributed by atoms with Crippen LogP contribution in [0.1, 0.15) is 16.7 Å². The van der Waals surface area contributed by atoms with Gasteiger partial charge in [0, 0.05) is 6.54 Å². The zero-order valence-corrected chi connectivity index (χ0v) is 13.4. The first-order valence-corrected chi connectivity index (χ1v) is 7.92. The van der Waals surface area contributed by atoms with Gasteiger partial charge >= 0.3 is 0 Å². The van der Waals surface area contributed by atoms with Gasteiger partial charge in [0.05, 0.1) is 16.7 Å². The fourth-order valence-electron chi connectivity index (χ4n) is 2.52. The van der Waals surface area contributed by atoms with Crippen LogP contribution < -0.4 is 14.8 Å². The minimum Gasteiger partial charge on any atom is -0.486 e. The van der Waals surface area contributed by atoms with Gasteiger partial charge in [-0.15, -0.1) is 0 Å². The van der Waals surface area contributed by atoms with E-state index in [4.69, 9.17) is 26.3 Å². The van der Waals surface area contributed by atoms with Gasteiger partial charge in [0.25, 0.3) is 0 Å². The molecule has 23 heavy (non-hydrogen) atoms. The van der Waals surface area contributed by atoms with Crippen LogP contribution in [0.25, 0.3) is 0 Å². The summed E-state index contributed by atoms with van der Waals surface area (Å²) in [4.78, 5) is 0. The molecule has 1 aliphatic rings. The van der Waals surface area contributed by atoms with Crippen LogP contribution in [0.3, 0.4) is 0 Å². The van der Waals surface area contributed by atoms with Crippen molar-refractivity contribution in [2.45, 2.75) is 13.0 Å². The number of halogens is 1. The number of nitrogens with zero attached hydrogens (tertiary/aromatic N) is 1. The second kappa shape index (κ2) is 7.36. The molecule has 0 amide bonds. The summed E-state index contributed by atoms with van der Waals surface area (Å²) < 4.78 is 11.1. The summed E-state index contributed by atoms with van der Waals surface area (Å²) in [6, 6.07) is 13.7. The van der Waals surface area contributed by atoms with E-state index in [0.717, 1.165) is 36.4 Å². The van der Waals surface area contributed by atoms with Crippen molar-refractivity contribution in [2.75, 3.05) is 19.8 Å². The molecule has 0 bridgehead atoms. The number of rotatable bonds is 5. The van der Waals surface area contributed by atoms with Gasteiger partial charge in [0.2, 0.25) is 0 Å². The van der Waals surface area contributed by atoms with Gasteiger partial charge in [0.1, 0.15) is 13.2 Å². The molecule has 3 rings (SSSR count). The predicted molar refractivity (Wildman–Crippen MR) is 89.0 cm³/mol. The zero-order chi connectivity index (χ0) is 16.1. The highest BCUT2D eigenvalue weighted by Crippen LogP contribution is 2.38. The molecule has 1 heterocycles. The second-order valence-corrected chi connectivity index (χ2v) is 5.75. The molecule has 0 radical (unpaired) electrons. The Bertz CT molecular complexity index is 740. The molecule has 0 saturated heterocycles. The van der Waals surface area contributed by atoms with Crippen LogP contribution in [0.4, 0.5) is 0 Å². The van der Waals surface area contributed by atoms with Crippen molar-refractivity contribution in [2.24, 2.45) is 0 Å². The first-order valence-electron chi connectivity index (χ1n) is 7.54. The number of hydrogen-bond acceptors (Lipinski definition) is 4. The second-order valence-electron chi connectivity index (χ2n) is 5.34. The summed E-state index contributed by atoms with van der Waals surface area (Å²) >= 11 is 6.23. The molecule has 1 aliphatic heterocycles. The first kappa shape index (κ1) is 15.7. The van der Waals surface area contributed by atoms with Gasteiger partial charge in [-0.2, -0.15) is 5.26 Å². The van der Waals surface area contributed by atoms with E-state index in [9.17, 15) is 0 Å². The van der Waals surface area contributed by atoms with Crippen LogP contribution in [0.2, 0.25) is 5.02 Å². The molecule has 0 atom stereocenters. The SMILES string of the molecule is N#Cc1cccc(CNCCc2cc(Cl)c3c(c2)OCCO3)c1. The smallest absolute Gasteiger partial charge is 0.179 e. The van der Waals surface area contributed by atoms with E-state index in [1.807, 2.05) is 30.3 Å². The number of ether oxygens (including phenoxy) is 2. The molecule has 0 unspecified atom stereocenters. The van der Waals surface area contributed by atoms with E-state index < -0.39 is 0 Å². The monoisotopic (exact) mass is 328 g/mol. The largest absolute Gasteiger partial charge is 0.486 e. The lowest BCUT2D eigenvalue weighted by molar-refractivity contribution is 0.171. The van der Waals surface area contributed by atoms with Crippen molar-refractivity contribution in [3.8, 4) is 17.6 Å². The van der Waals surface area contributed by atoms with E-state index in [-0.39, 0.29) is 0 Å². The van der Waals surface area contributed by atoms with Crippen LogP contribution in [0, 0.1) is 11.3 Å². The van der Waals surface area contributed by atoms with Crippen LogP contribution in [-0.4, -0.2) is 19.8 Å². The third-order valence-electron chi connectivity index (χ3n) is 3.63. The fraction of sp³-hybridized carbons (Fsp3) is 0.278. The molecule has 1 N–H and O–H groups in total. The van der Waals surface area contributed by atoms with Crippen molar-refractivity contribution in [3.63, 3.8) is 0 Å². The number of benzene rings is 2. The average Bonchev–Trinajstić information content (AvgIpc) is 2.59. The lowest BCUT2D eigenvalue weighted by atomic mass is 10.1. The fourth-order valence-corrected chi connectivity index (χ4v) is 2.81. The molecule has 0 aromatic heterocycles. The van der Waals surface area contributed by atoms with Crippen molar-refractivity contribution in [1.29, 1.82) is 5.26 Å². The molecule has 2 aromatic rings. The normalized spacial score (nSPS) is 12.7. The summed E-state index contributed by atoms with van der Waals surface area (Å²) in [6.07, 6.45) is 0.842. The first-order chi connectivity index (χ1) is 11.3. The Labute approximate surface area is 140 Å². The number of fused-ring (bicyclic) bond motifs is 1. The average molecular weight is 329 g/mol. The molecule has 5 heteroatoms. The third kappa shape index (κ3) is 3.95. The van der Waals surface area contributed by atoms with Crippen LogP contribution >= 0.6 is 11.6 Å². The van der Waals surface area contributed by atoms with Crippen LogP contribution in [0.15, 0.2) is 36.4 Å². The van der Waals surface area contributed by atoms with Gasteiger partial charge in [-0.1, -0.05) is 23.7 Å². The Balaban J connectivity index is 1.55. The molecule has 0 fully saturated rings. The van der Waals surface area contributed by atoms with E-state index in [2.05, 4.69) is 11.4 Å². The van der Waals surface area contributed by atoms with Gasteiger partial charge in [-0.25, -0.2) is 0 Å². The molecule has 118 valence electrons. The van der Waals surface area contributed by atoms with Crippen molar-refractivity contribution >= 4 is 11.6 Å². The Hall–Kier alpha value is -2.22. The molecule has 0 spiro atoms. The minimum atomic E-state index is 0.537. The number of nitriles is 1. The van der Waals surface area contributed by atoms with Gasteiger partial charge in [-0.05, 0) is 48.4 Å². The molecule has 0 aliphatic carbocycles. The van der Waals surface area contributed by atoms with E-state index in [1.54, 1.807) is 6.07 Å². The summed E-state index contributed by atoms with van der Waals surface area (Å²) in [5.41, 5.74) is 2.89. The Kier molecular flexibility index (Phi) is 5.02. The van der Waals surface area contributed by atoms with E-state index in [0.29, 0.717) is 29.5 Å². The highest BCUT2D eigenvalue weighted by atomic mass is 35.5. The maximum atomic E-state index is 8.90. The summed E-state index contributed by atoms with van der Waals surface area (Å²) in [6.45, 7) is 2.64. The van der Waals surface area contributed by atoms with E-state index in [1.165, 1.54) is 0 Å². The summed E-state index contributed by atoms with van der Waals surface area (Å²) in [5.74, 6) is 1.36. The van der Waals surface area contributed by atoms with Gasteiger partial charge in [-0.3, -0.25) is 0 Å². The lowest BCUT2D eigenvalue weighted by Crippen LogP contribution is -2.18. The maximum Gasteiger partial charge on any atom is 0.179 e. The predicted octanol–water partition coefficient (Wildman–Crippen LogP) is 3.32. The maximum absolute atomic E-state index is 8.90. The Morgan fingerprint density at radius 1 is 1.13 bits per heavy atom. The van der Waals surface area contributed by atoms with Crippen molar-refractivity contribution in [1.82, 2.24) is 5.32 Å². The molecular weight excluding hydrogens is 312 g/mol. The van der Waals surface area contributed by atoms with Gasteiger partial charge < -0.3 is 14.8 Å². The summed E-state index contributed by atoms with van der Waals surface area (Å²) in [7, 11) is 0. The van der Waals surface area contributed by atoms with Crippen molar-refractivity contribution in [3.05, 3.63) is 58.1 Å². The van der Waals surface area contributed by atoms with Crippen molar-refractivity contribution < 1.29 is 9.47 Å². The minimum absolute atomic E-state index is 0.537. The highest BCUT2D eigenvalue weighted by molar-refractivity contribution is 6.32. The quantitative estimate of drug-likeness (QED) is 0.855. The number of hydrogen-bond donors (Lipinski definition) is 1. The third-order valence-corrected chi connectivity index (χ3v) is 3.91. The van der Waals surface area contributed by atoms with E-state index >= 15 is 0 Å². The standard InChI is InChI=1S/C18H17ClN2O2/c19-16-9-13(10-17-18(16)23-7-6-22-17)4-5-21-12-15-3-1-2-14(8-15)11-20/h1-3,8-10,21H,4-7,12H2. The molecule has 4 nitrogen and oxygen atoms in total. The Morgan fingerprint density at radius 3 is 2.87 bits per heavy atom.